The summed E-state index contributed by atoms with van der Waals surface area (Å²) >= 11 is 0. The van der Waals surface area contributed by atoms with Crippen LogP contribution in [0.1, 0.15) is 36.6 Å². The molecule has 0 unspecified atom stereocenters. The van der Waals surface area contributed by atoms with Gasteiger partial charge in [-0.2, -0.15) is 13.2 Å². The third-order valence-corrected chi connectivity index (χ3v) is 3.21. The average Bonchev–Trinajstić information content (AvgIpc) is 2.36. The summed E-state index contributed by atoms with van der Waals surface area (Å²) in [6.45, 7) is 5.79. The van der Waals surface area contributed by atoms with E-state index in [9.17, 15) is 13.2 Å². The SMILES string of the molecule is Cc1nc(-c2ccc(C(F)(F)F)cc2)nc(N)c1C(C)C. The third-order valence-electron chi connectivity index (χ3n) is 3.21. The first-order chi connectivity index (χ1) is 9.70. The number of nitrogen functional groups attached to an aromatic ring is 1. The van der Waals surface area contributed by atoms with Gasteiger partial charge < -0.3 is 5.73 Å². The van der Waals surface area contributed by atoms with Crippen LogP contribution in [0.15, 0.2) is 24.3 Å². The number of hydrogen-bond donors (Lipinski definition) is 1. The van der Waals surface area contributed by atoms with Crippen molar-refractivity contribution < 1.29 is 13.2 Å². The van der Waals surface area contributed by atoms with Crippen molar-refractivity contribution in [2.24, 2.45) is 0 Å². The minimum Gasteiger partial charge on any atom is -0.383 e. The van der Waals surface area contributed by atoms with Gasteiger partial charge in [0.1, 0.15) is 5.82 Å². The Hall–Kier alpha value is -2.11. The van der Waals surface area contributed by atoms with Crippen LogP contribution in [-0.4, -0.2) is 9.97 Å². The van der Waals surface area contributed by atoms with Crippen LogP contribution in [0.4, 0.5) is 19.0 Å². The molecule has 2 rings (SSSR count). The van der Waals surface area contributed by atoms with Gasteiger partial charge in [0.05, 0.1) is 5.56 Å². The second-order valence-corrected chi connectivity index (χ2v) is 5.16. The lowest BCUT2D eigenvalue weighted by Crippen LogP contribution is -2.07. The molecule has 6 heteroatoms. The zero-order valence-corrected chi connectivity index (χ0v) is 12.0. The minimum atomic E-state index is -4.35. The molecule has 1 aromatic carbocycles. The zero-order chi connectivity index (χ0) is 15.8. The quantitative estimate of drug-likeness (QED) is 0.904. The number of nitrogens with zero attached hydrogens (tertiary/aromatic N) is 2. The van der Waals surface area contributed by atoms with Crippen molar-refractivity contribution in [1.82, 2.24) is 9.97 Å². The van der Waals surface area contributed by atoms with Gasteiger partial charge in [-0.3, -0.25) is 0 Å². The number of benzene rings is 1. The van der Waals surface area contributed by atoms with E-state index in [4.69, 9.17) is 5.73 Å². The molecule has 0 aliphatic carbocycles. The molecule has 0 fully saturated rings. The molecule has 0 saturated heterocycles. The molecular formula is C15H16F3N3. The Morgan fingerprint density at radius 1 is 1.05 bits per heavy atom. The smallest absolute Gasteiger partial charge is 0.383 e. The molecule has 1 aromatic heterocycles. The van der Waals surface area contributed by atoms with Gasteiger partial charge in [-0.1, -0.05) is 26.0 Å². The second-order valence-electron chi connectivity index (χ2n) is 5.16. The summed E-state index contributed by atoms with van der Waals surface area (Å²) in [6.07, 6.45) is -4.35. The summed E-state index contributed by atoms with van der Waals surface area (Å²) in [5, 5.41) is 0. The van der Waals surface area contributed by atoms with Crippen molar-refractivity contribution in [3.05, 3.63) is 41.1 Å². The summed E-state index contributed by atoms with van der Waals surface area (Å²) in [5.74, 6) is 0.891. The molecule has 0 amide bonds. The molecule has 0 aliphatic rings. The number of aryl methyl sites for hydroxylation is 1. The summed E-state index contributed by atoms with van der Waals surface area (Å²) in [6, 6.07) is 4.74. The van der Waals surface area contributed by atoms with Crippen LogP contribution in [0.5, 0.6) is 0 Å². The van der Waals surface area contributed by atoms with Crippen LogP contribution in [0, 0.1) is 6.92 Å². The highest BCUT2D eigenvalue weighted by molar-refractivity contribution is 5.59. The highest BCUT2D eigenvalue weighted by atomic mass is 19.4. The Kier molecular flexibility index (Phi) is 3.89. The number of halogens is 3. The van der Waals surface area contributed by atoms with E-state index in [1.807, 2.05) is 20.8 Å². The fourth-order valence-electron chi connectivity index (χ4n) is 2.25. The monoisotopic (exact) mass is 295 g/mol. The van der Waals surface area contributed by atoms with E-state index >= 15 is 0 Å². The number of anilines is 1. The van der Waals surface area contributed by atoms with Crippen LogP contribution in [0.25, 0.3) is 11.4 Å². The highest BCUT2D eigenvalue weighted by Crippen LogP contribution is 2.31. The lowest BCUT2D eigenvalue weighted by molar-refractivity contribution is -0.137. The number of aromatic nitrogens is 2. The van der Waals surface area contributed by atoms with Crippen molar-refractivity contribution in [2.75, 3.05) is 5.73 Å². The zero-order valence-electron chi connectivity index (χ0n) is 12.0. The first kappa shape index (κ1) is 15.3. The van der Waals surface area contributed by atoms with Gasteiger partial charge in [0.15, 0.2) is 5.82 Å². The molecule has 3 nitrogen and oxygen atoms in total. The summed E-state index contributed by atoms with van der Waals surface area (Å²) in [4.78, 5) is 8.55. The number of nitrogens with two attached hydrogens (primary N) is 1. The first-order valence-corrected chi connectivity index (χ1v) is 6.51. The predicted molar refractivity (Wildman–Crippen MR) is 75.7 cm³/mol. The fraction of sp³-hybridized carbons (Fsp3) is 0.333. The van der Waals surface area contributed by atoms with Crippen molar-refractivity contribution in [3.63, 3.8) is 0 Å². The van der Waals surface area contributed by atoms with Crippen molar-refractivity contribution in [3.8, 4) is 11.4 Å². The predicted octanol–water partition coefficient (Wildman–Crippen LogP) is 4.18. The molecule has 0 aliphatic heterocycles. The lowest BCUT2D eigenvalue weighted by atomic mass is 10.0. The van der Waals surface area contributed by atoms with E-state index in [1.54, 1.807) is 0 Å². The molecule has 1 heterocycles. The lowest BCUT2D eigenvalue weighted by Gasteiger charge is -2.13. The molecule has 112 valence electrons. The van der Waals surface area contributed by atoms with E-state index in [1.165, 1.54) is 12.1 Å². The van der Waals surface area contributed by atoms with E-state index in [0.29, 0.717) is 17.2 Å². The molecule has 0 spiro atoms. The van der Waals surface area contributed by atoms with Gasteiger partial charge in [0.25, 0.3) is 0 Å². The van der Waals surface area contributed by atoms with Crippen molar-refractivity contribution in [2.45, 2.75) is 32.9 Å². The van der Waals surface area contributed by atoms with Gasteiger partial charge in [-0.05, 0) is 25.0 Å². The van der Waals surface area contributed by atoms with Gasteiger partial charge >= 0.3 is 6.18 Å². The summed E-state index contributed by atoms with van der Waals surface area (Å²) in [5.41, 5.74) is 7.35. The van der Waals surface area contributed by atoms with Gasteiger partial charge in [-0.15, -0.1) is 0 Å². The van der Waals surface area contributed by atoms with E-state index in [0.717, 1.165) is 23.4 Å². The molecule has 0 saturated carbocycles. The Labute approximate surface area is 121 Å². The van der Waals surface area contributed by atoms with Crippen molar-refractivity contribution >= 4 is 5.82 Å². The van der Waals surface area contributed by atoms with E-state index in [2.05, 4.69) is 9.97 Å². The second kappa shape index (κ2) is 5.35. The largest absolute Gasteiger partial charge is 0.416 e. The summed E-state index contributed by atoms with van der Waals surface area (Å²) < 4.78 is 37.6. The normalized spacial score (nSPS) is 12.0. The molecule has 0 atom stereocenters. The Bertz CT molecular complexity index is 623. The molecule has 0 bridgehead atoms. The highest BCUT2D eigenvalue weighted by Gasteiger charge is 2.30. The third kappa shape index (κ3) is 3.15. The number of alkyl halides is 3. The Morgan fingerprint density at radius 2 is 1.62 bits per heavy atom. The van der Waals surface area contributed by atoms with Crippen LogP contribution in [-0.2, 0) is 6.18 Å². The van der Waals surface area contributed by atoms with Gasteiger partial charge in [-0.25, -0.2) is 9.97 Å². The van der Waals surface area contributed by atoms with Crippen LogP contribution in [0.2, 0.25) is 0 Å². The fourth-order valence-corrected chi connectivity index (χ4v) is 2.25. The van der Waals surface area contributed by atoms with Crippen LogP contribution >= 0.6 is 0 Å². The number of hydrogen-bond acceptors (Lipinski definition) is 3. The van der Waals surface area contributed by atoms with Gasteiger partial charge in [0, 0.05) is 16.8 Å². The van der Waals surface area contributed by atoms with Crippen LogP contribution in [0.3, 0.4) is 0 Å². The Balaban J connectivity index is 2.44. The van der Waals surface area contributed by atoms with Crippen molar-refractivity contribution in [1.29, 1.82) is 0 Å². The number of rotatable bonds is 2. The maximum atomic E-state index is 12.5. The molecule has 2 aromatic rings. The first-order valence-electron chi connectivity index (χ1n) is 6.51. The molecule has 21 heavy (non-hydrogen) atoms. The van der Waals surface area contributed by atoms with Crippen LogP contribution < -0.4 is 5.73 Å². The Morgan fingerprint density at radius 3 is 2.05 bits per heavy atom. The van der Waals surface area contributed by atoms with Gasteiger partial charge in [0.2, 0.25) is 0 Å². The topological polar surface area (TPSA) is 51.8 Å². The molecule has 2 N–H and O–H groups in total. The standard InChI is InChI=1S/C15H16F3N3/c1-8(2)12-9(3)20-14(21-13(12)19)10-4-6-11(7-5-10)15(16,17)18/h4-8H,1-3H3,(H2,19,20,21). The summed E-state index contributed by atoms with van der Waals surface area (Å²) in [7, 11) is 0. The average molecular weight is 295 g/mol. The maximum Gasteiger partial charge on any atom is 0.416 e. The minimum absolute atomic E-state index is 0.187. The van der Waals surface area contributed by atoms with E-state index < -0.39 is 11.7 Å². The van der Waals surface area contributed by atoms with E-state index in [-0.39, 0.29) is 5.92 Å². The molecular weight excluding hydrogens is 279 g/mol. The molecule has 0 radical (unpaired) electrons. The maximum absolute atomic E-state index is 12.5.